The lowest BCUT2D eigenvalue weighted by Crippen LogP contribution is -2.22. The van der Waals surface area contributed by atoms with E-state index >= 15 is 0 Å². The van der Waals surface area contributed by atoms with E-state index in [0.717, 1.165) is 33.5 Å². The number of alkyl carbamates (subject to hydrolysis) is 1. The minimum Gasteiger partial charge on any atom is -0.453 e. The molecule has 28 heavy (non-hydrogen) atoms. The fraction of sp³-hybridized carbons (Fsp3) is 0.150. The van der Waals surface area contributed by atoms with Gasteiger partial charge in [0.15, 0.2) is 11.6 Å². The van der Waals surface area contributed by atoms with Gasteiger partial charge in [-0.1, -0.05) is 12.1 Å². The van der Waals surface area contributed by atoms with Crippen molar-refractivity contribution in [3.8, 4) is 16.9 Å². The maximum atomic E-state index is 14.2. The van der Waals surface area contributed by atoms with E-state index in [-0.39, 0.29) is 17.8 Å². The second-order valence-electron chi connectivity index (χ2n) is 6.08. The molecule has 1 amide bonds. The second kappa shape index (κ2) is 7.99. The van der Waals surface area contributed by atoms with Crippen LogP contribution in [-0.2, 0) is 11.3 Å². The van der Waals surface area contributed by atoms with E-state index in [0.29, 0.717) is 12.0 Å². The molecular formula is C20H17F2N3O3. The van der Waals surface area contributed by atoms with Gasteiger partial charge in [0.2, 0.25) is 0 Å². The van der Waals surface area contributed by atoms with Gasteiger partial charge in [-0.05, 0) is 42.3 Å². The van der Waals surface area contributed by atoms with Crippen molar-refractivity contribution < 1.29 is 23.1 Å². The van der Waals surface area contributed by atoms with Crippen LogP contribution in [-0.4, -0.2) is 29.3 Å². The smallest absolute Gasteiger partial charge is 0.407 e. The quantitative estimate of drug-likeness (QED) is 0.678. The number of aryl methyl sites for hydroxylation is 1. The van der Waals surface area contributed by atoms with Gasteiger partial charge in [0.1, 0.15) is 12.0 Å². The fourth-order valence-electron chi connectivity index (χ4n) is 2.74. The molecule has 3 rings (SSSR count). The summed E-state index contributed by atoms with van der Waals surface area (Å²) in [4.78, 5) is 22.0. The number of nitrogens with one attached hydrogen (secondary N) is 1. The summed E-state index contributed by atoms with van der Waals surface area (Å²) < 4.78 is 34.1. The molecule has 1 aromatic heterocycles. The summed E-state index contributed by atoms with van der Waals surface area (Å²) >= 11 is 0. The van der Waals surface area contributed by atoms with Crippen molar-refractivity contribution in [1.29, 1.82) is 0 Å². The highest BCUT2D eigenvalue weighted by atomic mass is 19.1. The summed E-state index contributed by atoms with van der Waals surface area (Å²) in [6.07, 6.45) is 1.27. The second-order valence-corrected chi connectivity index (χ2v) is 6.08. The maximum absolute atomic E-state index is 14.2. The first kappa shape index (κ1) is 19.2. The van der Waals surface area contributed by atoms with E-state index in [2.05, 4.69) is 15.2 Å². The minimum absolute atomic E-state index is 0.0904. The lowest BCUT2D eigenvalue weighted by atomic mass is 10.0. The summed E-state index contributed by atoms with van der Waals surface area (Å²) in [5, 5.41) is 6.86. The van der Waals surface area contributed by atoms with Gasteiger partial charge < -0.3 is 10.1 Å². The van der Waals surface area contributed by atoms with Crippen LogP contribution in [0.3, 0.4) is 0 Å². The predicted octanol–water partition coefficient (Wildman–Crippen LogP) is 3.79. The molecule has 0 spiro atoms. The topological polar surface area (TPSA) is 73.2 Å². The third-order valence-corrected chi connectivity index (χ3v) is 4.25. The van der Waals surface area contributed by atoms with E-state index in [1.165, 1.54) is 13.3 Å². The normalized spacial score (nSPS) is 10.6. The molecule has 8 heteroatoms. The minimum atomic E-state index is -0.886. The first-order valence-corrected chi connectivity index (χ1v) is 8.35. The van der Waals surface area contributed by atoms with Crippen LogP contribution in [0, 0.1) is 18.6 Å². The van der Waals surface area contributed by atoms with Gasteiger partial charge >= 0.3 is 6.09 Å². The number of rotatable bonds is 5. The number of carbonyl (C=O) groups excluding carboxylic acids is 2. The molecule has 144 valence electrons. The molecule has 1 heterocycles. The molecule has 0 radical (unpaired) electrons. The molecule has 0 unspecified atom stereocenters. The average molecular weight is 385 g/mol. The molecule has 0 aliphatic carbocycles. The zero-order valence-electron chi connectivity index (χ0n) is 15.2. The van der Waals surface area contributed by atoms with Crippen molar-refractivity contribution in [3.05, 3.63) is 70.9 Å². The number of hydrogen-bond acceptors (Lipinski definition) is 4. The third kappa shape index (κ3) is 3.90. The van der Waals surface area contributed by atoms with Crippen LogP contribution in [0.25, 0.3) is 16.9 Å². The van der Waals surface area contributed by atoms with E-state index in [1.54, 1.807) is 6.07 Å². The standard InChI is InChI=1S/C20H17F2N3O3/c1-12-3-4-14(9-15(12)10-23-20(27)28-2)18-5-6-25(24-18)19-16(21)7-13(11-26)8-17(19)22/h3-9,11H,10H2,1-2H3,(H,23,27). The Kier molecular flexibility index (Phi) is 5.49. The number of carbonyl (C=O) groups is 2. The Labute approximate surface area is 159 Å². The van der Waals surface area contributed by atoms with Gasteiger partial charge in [-0.3, -0.25) is 4.79 Å². The van der Waals surface area contributed by atoms with Gasteiger partial charge in [-0.25, -0.2) is 18.3 Å². The molecule has 0 saturated heterocycles. The molecule has 0 fully saturated rings. The summed E-state index contributed by atoms with van der Waals surface area (Å²) in [6.45, 7) is 2.17. The Bertz CT molecular complexity index is 1020. The Morgan fingerprint density at radius 1 is 1.21 bits per heavy atom. The molecular weight excluding hydrogens is 368 g/mol. The lowest BCUT2D eigenvalue weighted by molar-refractivity contribution is 0.112. The summed E-state index contributed by atoms with van der Waals surface area (Å²) in [7, 11) is 1.28. The van der Waals surface area contributed by atoms with Crippen LogP contribution < -0.4 is 5.32 Å². The molecule has 0 aliphatic rings. The van der Waals surface area contributed by atoms with E-state index < -0.39 is 17.7 Å². The van der Waals surface area contributed by atoms with E-state index in [9.17, 15) is 18.4 Å². The molecule has 0 saturated carbocycles. The van der Waals surface area contributed by atoms with Crippen LogP contribution in [0.2, 0.25) is 0 Å². The number of aldehydes is 1. The first-order valence-electron chi connectivity index (χ1n) is 8.35. The molecule has 0 aliphatic heterocycles. The van der Waals surface area contributed by atoms with E-state index in [1.807, 2.05) is 25.1 Å². The van der Waals surface area contributed by atoms with Crippen molar-refractivity contribution in [2.45, 2.75) is 13.5 Å². The van der Waals surface area contributed by atoms with Gasteiger partial charge in [0, 0.05) is 23.9 Å². The first-order chi connectivity index (χ1) is 13.4. The molecule has 1 N–H and O–H groups in total. The monoisotopic (exact) mass is 385 g/mol. The summed E-state index contributed by atoms with van der Waals surface area (Å²) in [6, 6.07) is 9.05. The maximum Gasteiger partial charge on any atom is 0.407 e. The van der Waals surface area contributed by atoms with Crippen molar-refractivity contribution >= 4 is 12.4 Å². The van der Waals surface area contributed by atoms with Gasteiger partial charge in [-0.15, -0.1) is 0 Å². The molecule has 3 aromatic rings. The van der Waals surface area contributed by atoms with E-state index in [4.69, 9.17) is 0 Å². The van der Waals surface area contributed by atoms with Crippen LogP contribution in [0.5, 0.6) is 0 Å². The van der Waals surface area contributed by atoms with Crippen molar-refractivity contribution in [1.82, 2.24) is 15.1 Å². The molecule has 6 nitrogen and oxygen atoms in total. The number of halogens is 2. The van der Waals surface area contributed by atoms with Crippen molar-refractivity contribution in [2.75, 3.05) is 7.11 Å². The molecule has 0 atom stereocenters. The lowest BCUT2D eigenvalue weighted by Gasteiger charge is -2.09. The van der Waals surface area contributed by atoms with Gasteiger partial charge in [0.05, 0.1) is 12.8 Å². The number of benzene rings is 2. The summed E-state index contributed by atoms with van der Waals surface area (Å²) in [5.74, 6) is -1.77. The fourth-order valence-corrected chi connectivity index (χ4v) is 2.74. The Balaban J connectivity index is 1.92. The Hall–Kier alpha value is -3.55. The number of methoxy groups -OCH3 is 1. The number of ether oxygens (including phenoxy) is 1. The van der Waals surface area contributed by atoms with Crippen LogP contribution >= 0.6 is 0 Å². The van der Waals surface area contributed by atoms with Crippen molar-refractivity contribution in [2.24, 2.45) is 0 Å². The highest BCUT2D eigenvalue weighted by Crippen LogP contribution is 2.24. The number of aromatic nitrogens is 2. The largest absolute Gasteiger partial charge is 0.453 e. The third-order valence-electron chi connectivity index (χ3n) is 4.25. The Morgan fingerprint density at radius 3 is 2.57 bits per heavy atom. The van der Waals surface area contributed by atoms with Crippen LogP contribution in [0.15, 0.2) is 42.6 Å². The Morgan fingerprint density at radius 2 is 1.93 bits per heavy atom. The van der Waals surface area contributed by atoms with Crippen molar-refractivity contribution in [3.63, 3.8) is 0 Å². The van der Waals surface area contributed by atoms with Crippen LogP contribution in [0.1, 0.15) is 21.5 Å². The number of nitrogens with zero attached hydrogens (tertiary/aromatic N) is 2. The highest BCUT2D eigenvalue weighted by molar-refractivity contribution is 5.75. The van der Waals surface area contributed by atoms with Gasteiger partial charge in [0.25, 0.3) is 0 Å². The average Bonchev–Trinajstić information content (AvgIpc) is 3.16. The predicted molar refractivity (Wildman–Crippen MR) is 98.3 cm³/mol. The molecule has 0 bridgehead atoms. The van der Waals surface area contributed by atoms with Crippen LogP contribution in [0.4, 0.5) is 13.6 Å². The number of hydrogen-bond donors (Lipinski definition) is 1. The van der Waals surface area contributed by atoms with Gasteiger partial charge in [-0.2, -0.15) is 5.10 Å². The molecule has 2 aromatic carbocycles. The summed E-state index contributed by atoms with van der Waals surface area (Å²) in [5.41, 5.74) is 2.57. The SMILES string of the molecule is COC(=O)NCc1cc(-c2ccn(-c3c(F)cc(C=O)cc3F)n2)ccc1C. The zero-order chi connectivity index (χ0) is 20.3. The highest BCUT2D eigenvalue weighted by Gasteiger charge is 2.15. The number of amides is 1. The zero-order valence-corrected chi connectivity index (χ0v) is 15.2.